The molecule has 0 bridgehead atoms. The van der Waals surface area contributed by atoms with Gasteiger partial charge in [-0.05, 0) is 24.3 Å². The summed E-state index contributed by atoms with van der Waals surface area (Å²) in [6.45, 7) is 0. The molecule has 2 aromatic carbocycles. The van der Waals surface area contributed by atoms with E-state index in [2.05, 4.69) is 5.84 Å². The fourth-order valence-corrected chi connectivity index (χ4v) is 1.11. The number of para-hydroxylation sites is 2. The molecule has 0 radical (unpaired) electrons. The summed E-state index contributed by atoms with van der Waals surface area (Å²) in [6.07, 6.45) is 0. The minimum atomic E-state index is -4.13. The Morgan fingerprint density at radius 1 is 0.895 bits per heavy atom. The van der Waals surface area contributed by atoms with E-state index in [-0.39, 0.29) is 0 Å². The smallest absolute Gasteiger partial charge is 0.346 e. The summed E-state index contributed by atoms with van der Waals surface area (Å²) in [5.41, 5.74) is 0. The first-order valence-corrected chi connectivity index (χ1v) is 6.68. The fourth-order valence-electron chi connectivity index (χ4n) is 1.11. The normalized spacial score (nSPS) is 10.2. The summed E-state index contributed by atoms with van der Waals surface area (Å²) >= 11 is 0. The standard InChI is InChI=1S/C12H10O.H4N2O3S/c1-3-7-11(8-4-1)13-12-9-5-2-6-10-12;1-2-6(3,4)5/h1-10H;2H,1H2,(H,3,4,5). The molecule has 0 aromatic heterocycles. The van der Waals surface area contributed by atoms with E-state index in [4.69, 9.17) is 9.29 Å². The third-order valence-corrected chi connectivity index (χ3v) is 2.17. The largest absolute Gasteiger partial charge is 0.457 e. The number of nitrogens with two attached hydrogens (primary N) is 1. The minimum absolute atomic E-state index is 0.869. The summed E-state index contributed by atoms with van der Waals surface area (Å²) < 4.78 is 31.8. The highest BCUT2D eigenvalue weighted by atomic mass is 32.2. The first-order valence-electron chi connectivity index (χ1n) is 5.24. The van der Waals surface area contributed by atoms with Crippen molar-refractivity contribution in [2.75, 3.05) is 0 Å². The summed E-state index contributed by atoms with van der Waals surface area (Å²) in [5, 5.41) is 0. The molecule has 0 heterocycles. The van der Waals surface area contributed by atoms with Crippen LogP contribution < -0.4 is 15.4 Å². The van der Waals surface area contributed by atoms with Crippen LogP contribution in [0.1, 0.15) is 0 Å². The monoisotopic (exact) mass is 282 g/mol. The lowest BCUT2D eigenvalue weighted by molar-refractivity contribution is 0.469. The van der Waals surface area contributed by atoms with E-state index in [1.54, 1.807) is 0 Å². The van der Waals surface area contributed by atoms with Gasteiger partial charge in [-0.2, -0.15) is 8.42 Å². The Labute approximate surface area is 111 Å². The molecular weight excluding hydrogens is 268 g/mol. The Kier molecular flexibility index (Phi) is 5.97. The van der Waals surface area contributed by atoms with Crippen molar-refractivity contribution in [2.24, 2.45) is 5.84 Å². The van der Waals surface area contributed by atoms with Crippen molar-refractivity contribution < 1.29 is 17.7 Å². The Balaban J connectivity index is 0.000000258. The van der Waals surface area contributed by atoms with Gasteiger partial charge in [0, 0.05) is 0 Å². The van der Waals surface area contributed by atoms with Crippen LogP contribution in [0, 0.1) is 0 Å². The first-order chi connectivity index (χ1) is 9.01. The van der Waals surface area contributed by atoms with Crippen LogP contribution in [0.25, 0.3) is 0 Å². The number of nitrogens with one attached hydrogen (secondary N) is 1. The van der Waals surface area contributed by atoms with Gasteiger partial charge < -0.3 is 4.74 Å². The molecule has 0 amide bonds. The molecule has 6 nitrogen and oxygen atoms in total. The summed E-state index contributed by atoms with van der Waals surface area (Å²) in [5.74, 6) is 5.96. The van der Waals surface area contributed by atoms with Crippen molar-refractivity contribution in [1.82, 2.24) is 4.83 Å². The predicted octanol–water partition coefficient (Wildman–Crippen LogP) is 1.73. The molecule has 0 aliphatic rings. The van der Waals surface area contributed by atoms with Crippen LogP contribution in [-0.4, -0.2) is 13.0 Å². The zero-order valence-electron chi connectivity index (χ0n) is 9.93. The van der Waals surface area contributed by atoms with Gasteiger partial charge in [0.05, 0.1) is 0 Å². The zero-order valence-corrected chi connectivity index (χ0v) is 10.7. The van der Waals surface area contributed by atoms with Gasteiger partial charge in [0.2, 0.25) is 0 Å². The van der Waals surface area contributed by atoms with Crippen LogP contribution in [-0.2, 0) is 10.3 Å². The Morgan fingerprint density at radius 2 is 1.21 bits per heavy atom. The van der Waals surface area contributed by atoms with Crippen molar-refractivity contribution in [2.45, 2.75) is 0 Å². The van der Waals surface area contributed by atoms with Crippen LogP contribution in [0.2, 0.25) is 0 Å². The van der Waals surface area contributed by atoms with Gasteiger partial charge in [0.1, 0.15) is 11.5 Å². The molecule has 0 aliphatic heterocycles. The van der Waals surface area contributed by atoms with E-state index >= 15 is 0 Å². The molecule has 0 saturated heterocycles. The molecule has 0 spiro atoms. The number of hydrogen-bond acceptors (Lipinski definition) is 4. The second-order valence-electron chi connectivity index (χ2n) is 3.32. The average Bonchev–Trinajstić information content (AvgIpc) is 2.41. The highest BCUT2D eigenvalue weighted by molar-refractivity contribution is 7.83. The topological polar surface area (TPSA) is 102 Å². The predicted molar refractivity (Wildman–Crippen MR) is 71.8 cm³/mol. The van der Waals surface area contributed by atoms with E-state index in [9.17, 15) is 8.42 Å². The van der Waals surface area contributed by atoms with E-state index in [0.29, 0.717) is 0 Å². The molecule has 0 saturated carbocycles. The maximum atomic E-state index is 9.32. The summed E-state index contributed by atoms with van der Waals surface area (Å²) in [4.78, 5) is 1.13. The highest BCUT2D eigenvalue weighted by Gasteiger charge is 1.93. The van der Waals surface area contributed by atoms with Gasteiger partial charge >= 0.3 is 10.3 Å². The molecule has 19 heavy (non-hydrogen) atoms. The lowest BCUT2D eigenvalue weighted by Gasteiger charge is -2.03. The Morgan fingerprint density at radius 3 is 1.47 bits per heavy atom. The molecule has 7 heteroatoms. The minimum Gasteiger partial charge on any atom is -0.457 e. The number of hydrogen-bond donors (Lipinski definition) is 3. The third-order valence-electron chi connectivity index (χ3n) is 1.87. The van der Waals surface area contributed by atoms with Crippen molar-refractivity contribution in [1.29, 1.82) is 0 Å². The fraction of sp³-hybridized carbons (Fsp3) is 0. The van der Waals surface area contributed by atoms with Crippen molar-refractivity contribution in [3.05, 3.63) is 60.7 Å². The lowest BCUT2D eigenvalue weighted by atomic mass is 10.3. The second-order valence-corrected chi connectivity index (χ2v) is 4.51. The molecule has 0 fully saturated rings. The molecular formula is C12H14N2O4S. The Hall–Kier alpha value is -1.93. The third kappa shape index (κ3) is 7.17. The van der Waals surface area contributed by atoms with Crippen LogP contribution >= 0.6 is 0 Å². The molecule has 0 unspecified atom stereocenters. The van der Waals surface area contributed by atoms with Gasteiger partial charge in [-0.15, -0.1) is 4.83 Å². The lowest BCUT2D eigenvalue weighted by Crippen LogP contribution is -2.29. The van der Waals surface area contributed by atoms with Crippen LogP contribution in [0.15, 0.2) is 60.7 Å². The van der Waals surface area contributed by atoms with E-state index in [1.165, 1.54) is 0 Å². The van der Waals surface area contributed by atoms with Gasteiger partial charge in [-0.1, -0.05) is 36.4 Å². The quantitative estimate of drug-likeness (QED) is 0.452. The number of benzene rings is 2. The summed E-state index contributed by atoms with van der Waals surface area (Å²) in [7, 11) is -4.13. The summed E-state index contributed by atoms with van der Waals surface area (Å²) in [6, 6.07) is 19.5. The number of rotatable bonds is 3. The molecule has 2 rings (SSSR count). The van der Waals surface area contributed by atoms with Crippen molar-refractivity contribution in [3.8, 4) is 11.5 Å². The van der Waals surface area contributed by atoms with Gasteiger partial charge in [-0.3, -0.25) is 10.4 Å². The van der Waals surface area contributed by atoms with Gasteiger partial charge in [0.15, 0.2) is 0 Å². The Bertz CT molecular complexity index is 536. The SMILES string of the molecule is NNS(=O)(=O)O.c1ccc(Oc2ccccc2)cc1. The number of hydrazine groups is 1. The first kappa shape index (κ1) is 15.1. The maximum Gasteiger partial charge on any atom is 0.346 e. The second kappa shape index (κ2) is 7.49. The van der Waals surface area contributed by atoms with Crippen LogP contribution in [0.5, 0.6) is 11.5 Å². The van der Waals surface area contributed by atoms with Crippen molar-refractivity contribution >= 4 is 10.3 Å². The molecule has 2 aromatic rings. The van der Waals surface area contributed by atoms with E-state index in [0.717, 1.165) is 16.3 Å². The van der Waals surface area contributed by atoms with Crippen LogP contribution in [0.3, 0.4) is 0 Å². The zero-order chi connectivity index (χ0) is 14.1. The van der Waals surface area contributed by atoms with E-state index in [1.807, 2.05) is 60.7 Å². The molecule has 0 atom stereocenters. The van der Waals surface area contributed by atoms with Crippen LogP contribution in [0.4, 0.5) is 0 Å². The maximum absolute atomic E-state index is 9.32. The van der Waals surface area contributed by atoms with Crippen molar-refractivity contribution in [3.63, 3.8) is 0 Å². The highest BCUT2D eigenvalue weighted by Crippen LogP contribution is 2.19. The van der Waals surface area contributed by atoms with Gasteiger partial charge in [-0.25, -0.2) is 0 Å². The molecule has 4 N–H and O–H groups in total. The van der Waals surface area contributed by atoms with E-state index < -0.39 is 10.3 Å². The average molecular weight is 282 g/mol. The number of ether oxygens (including phenoxy) is 1. The molecule has 102 valence electrons. The molecule has 0 aliphatic carbocycles. The van der Waals surface area contributed by atoms with Gasteiger partial charge in [0.25, 0.3) is 0 Å².